The largest absolute Gasteiger partial charge is 0.493 e. The summed E-state index contributed by atoms with van der Waals surface area (Å²) in [4.78, 5) is 18.6. The average molecular weight is 448 g/mol. The maximum Gasteiger partial charge on any atom is 0.274 e. The number of aromatic nitrogens is 1. The zero-order chi connectivity index (χ0) is 22.0. The van der Waals surface area contributed by atoms with Crippen LogP contribution in [0.4, 0.5) is 8.78 Å². The van der Waals surface area contributed by atoms with Crippen LogP contribution in [0.5, 0.6) is 16.7 Å². The predicted molar refractivity (Wildman–Crippen MR) is 113 cm³/mol. The maximum absolute atomic E-state index is 13.8. The molecule has 1 aromatic heterocycles. The third-order valence-corrected chi connectivity index (χ3v) is 6.15. The molecule has 4 rings (SSSR count). The highest BCUT2D eigenvalue weighted by molar-refractivity contribution is 7.20. The molecule has 1 aliphatic heterocycles. The molecule has 0 spiro atoms. The van der Waals surface area contributed by atoms with E-state index in [1.165, 1.54) is 6.07 Å². The molecular weight excluding hydrogens is 426 g/mol. The van der Waals surface area contributed by atoms with Crippen molar-refractivity contribution >= 4 is 27.5 Å². The van der Waals surface area contributed by atoms with Crippen LogP contribution in [0.2, 0.25) is 0 Å². The van der Waals surface area contributed by atoms with Gasteiger partial charge in [-0.05, 0) is 23.8 Å². The van der Waals surface area contributed by atoms with E-state index in [0.29, 0.717) is 47.3 Å². The van der Waals surface area contributed by atoms with E-state index in [1.54, 1.807) is 20.3 Å². The number of carbonyl (C=O) groups excluding carboxylic acids is 1. The molecule has 31 heavy (non-hydrogen) atoms. The van der Waals surface area contributed by atoms with E-state index in [9.17, 15) is 13.6 Å². The molecule has 0 atom stereocenters. The number of benzene rings is 2. The number of halogens is 2. The number of nitrogens with zero attached hydrogens (tertiary/aromatic N) is 2. The monoisotopic (exact) mass is 448 g/mol. The highest BCUT2D eigenvalue weighted by atomic mass is 32.1. The standard InChI is InChI=1S/C22H22F2N2O4S/c1-28-17-4-3-13(9-18(17)29-2)10-20(27)26-7-5-15(6-8-26)30-22-25-21-16(24)11-14(23)12-19(21)31-22/h3-4,9,11-12,15H,5-8,10H2,1-2H3. The number of carbonyl (C=O) groups is 1. The van der Waals surface area contributed by atoms with Crippen LogP contribution >= 0.6 is 11.3 Å². The van der Waals surface area contributed by atoms with Crippen molar-refractivity contribution in [2.45, 2.75) is 25.4 Å². The Balaban J connectivity index is 1.33. The molecule has 1 aliphatic rings. The molecule has 1 amide bonds. The molecule has 6 nitrogen and oxygen atoms in total. The summed E-state index contributed by atoms with van der Waals surface area (Å²) in [6, 6.07) is 7.51. The number of thiazole rings is 1. The molecule has 0 bridgehead atoms. The van der Waals surface area contributed by atoms with Crippen molar-refractivity contribution in [1.82, 2.24) is 9.88 Å². The van der Waals surface area contributed by atoms with Crippen LogP contribution in [0.15, 0.2) is 30.3 Å². The minimum atomic E-state index is -0.698. The number of methoxy groups -OCH3 is 2. The second-order valence-electron chi connectivity index (χ2n) is 7.28. The van der Waals surface area contributed by atoms with Crippen LogP contribution in [-0.4, -0.2) is 49.2 Å². The third kappa shape index (κ3) is 4.71. The summed E-state index contributed by atoms with van der Waals surface area (Å²) >= 11 is 1.12. The molecule has 0 saturated carbocycles. The first kappa shape index (κ1) is 21.3. The summed E-state index contributed by atoms with van der Waals surface area (Å²) in [6.45, 7) is 1.12. The molecule has 0 aliphatic carbocycles. The van der Waals surface area contributed by atoms with E-state index in [-0.39, 0.29) is 23.9 Å². The second-order valence-corrected chi connectivity index (χ2v) is 8.27. The van der Waals surface area contributed by atoms with Gasteiger partial charge in [0.1, 0.15) is 17.4 Å². The van der Waals surface area contributed by atoms with E-state index in [2.05, 4.69) is 4.98 Å². The molecule has 3 aromatic rings. The lowest BCUT2D eigenvalue weighted by Gasteiger charge is -2.31. The summed E-state index contributed by atoms with van der Waals surface area (Å²) in [5, 5.41) is 0.314. The number of likely N-dealkylation sites (tertiary alicyclic amines) is 1. The lowest BCUT2D eigenvalue weighted by Crippen LogP contribution is -2.42. The van der Waals surface area contributed by atoms with Crippen molar-refractivity contribution < 1.29 is 27.8 Å². The summed E-state index contributed by atoms with van der Waals surface area (Å²) in [7, 11) is 3.13. The lowest BCUT2D eigenvalue weighted by atomic mass is 10.1. The van der Waals surface area contributed by atoms with Crippen molar-refractivity contribution in [2.24, 2.45) is 0 Å². The summed E-state index contributed by atoms with van der Waals surface area (Å²) in [5.74, 6) is -0.0948. The minimum absolute atomic E-state index is 0.0307. The highest BCUT2D eigenvalue weighted by Gasteiger charge is 2.25. The molecule has 1 saturated heterocycles. The van der Waals surface area contributed by atoms with Crippen molar-refractivity contribution in [3.05, 3.63) is 47.5 Å². The Bertz CT molecular complexity index is 1100. The normalized spacial score (nSPS) is 14.6. The lowest BCUT2D eigenvalue weighted by molar-refractivity contribution is -0.132. The van der Waals surface area contributed by atoms with Gasteiger partial charge in [-0.3, -0.25) is 4.79 Å². The fourth-order valence-corrected chi connectivity index (χ4v) is 4.55. The zero-order valence-corrected chi connectivity index (χ0v) is 18.0. The number of ether oxygens (including phenoxy) is 3. The smallest absolute Gasteiger partial charge is 0.274 e. The topological polar surface area (TPSA) is 60.9 Å². The van der Waals surface area contributed by atoms with Crippen LogP contribution < -0.4 is 14.2 Å². The van der Waals surface area contributed by atoms with Gasteiger partial charge in [0.05, 0.1) is 25.3 Å². The Hall–Kier alpha value is -2.94. The first-order valence-electron chi connectivity index (χ1n) is 9.87. The summed E-state index contributed by atoms with van der Waals surface area (Å²) in [5.41, 5.74) is 0.966. The summed E-state index contributed by atoms with van der Waals surface area (Å²) in [6.07, 6.45) is 1.43. The van der Waals surface area contributed by atoms with E-state index in [4.69, 9.17) is 14.2 Å². The average Bonchev–Trinajstić information content (AvgIpc) is 3.16. The SMILES string of the molecule is COc1ccc(CC(=O)N2CCC(Oc3nc4c(F)cc(F)cc4s3)CC2)cc1OC. The molecule has 0 unspecified atom stereocenters. The first-order valence-corrected chi connectivity index (χ1v) is 10.7. The van der Waals surface area contributed by atoms with Crippen LogP contribution in [0.25, 0.3) is 10.2 Å². The second kappa shape index (κ2) is 9.05. The molecule has 2 aromatic carbocycles. The number of rotatable bonds is 6. The summed E-state index contributed by atoms with van der Waals surface area (Å²) < 4.78 is 44.0. The fourth-order valence-electron chi connectivity index (χ4n) is 3.63. The van der Waals surface area contributed by atoms with E-state index < -0.39 is 11.6 Å². The highest BCUT2D eigenvalue weighted by Crippen LogP contribution is 2.32. The molecule has 0 radical (unpaired) electrons. The number of hydrogen-bond donors (Lipinski definition) is 0. The Morgan fingerprint density at radius 3 is 2.58 bits per heavy atom. The minimum Gasteiger partial charge on any atom is -0.493 e. The van der Waals surface area contributed by atoms with E-state index >= 15 is 0 Å². The third-order valence-electron chi connectivity index (χ3n) is 5.26. The number of piperidine rings is 1. The van der Waals surface area contributed by atoms with Gasteiger partial charge in [0.15, 0.2) is 17.3 Å². The van der Waals surface area contributed by atoms with Gasteiger partial charge in [0.25, 0.3) is 5.19 Å². The Kier molecular flexibility index (Phi) is 6.22. The van der Waals surface area contributed by atoms with Crippen LogP contribution in [0, 0.1) is 11.6 Å². The first-order chi connectivity index (χ1) is 15.0. The van der Waals surface area contributed by atoms with E-state index in [1.807, 2.05) is 17.0 Å². The molecule has 9 heteroatoms. The molecule has 2 heterocycles. The quantitative estimate of drug-likeness (QED) is 0.566. The van der Waals surface area contributed by atoms with Crippen LogP contribution in [0.3, 0.4) is 0 Å². The Labute approximate surface area is 182 Å². The van der Waals surface area contributed by atoms with Gasteiger partial charge in [-0.15, -0.1) is 0 Å². The van der Waals surface area contributed by atoms with Crippen molar-refractivity contribution in [3.8, 4) is 16.7 Å². The Morgan fingerprint density at radius 2 is 1.87 bits per heavy atom. The van der Waals surface area contributed by atoms with Gasteiger partial charge in [0, 0.05) is 32.0 Å². The van der Waals surface area contributed by atoms with E-state index in [0.717, 1.165) is 23.0 Å². The van der Waals surface area contributed by atoms with Gasteiger partial charge in [-0.1, -0.05) is 17.4 Å². The maximum atomic E-state index is 13.8. The van der Waals surface area contributed by atoms with Gasteiger partial charge < -0.3 is 19.1 Å². The van der Waals surface area contributed by atoms with Gasteiger partial charge in [0.2, 0.25) is 5.91 Å². The predicted octanol–water partition coefficient (Wildman–Crippen LogP) is 4.20. The van der Waals surface area contributed by atoms with Crippen molar-refractivity contribution in [1.29, 1.82) is 0 Å². The number of hydrogen-bond acceptors (Lipinski definition) is 6. The van der Waals surface area contributed by atoms with Gasteiger partial charge >= 0.3 is 0 Å². The number of amides is 1. The van der Waals surface area contributed by atoms with Gasteiger partial charge in [-0.2, -0.15) is 4.98 Å². The Morgan fingerprint density at radius 1 is 1.13 bits per heavy atom. The van der Waals surface area contributed by atoms with Crippen molar-refractivity contribution in [2.75, 3.05) is 27.3 Å². The molecule has 0 N–H and O–H groups in total. The van der Waals surface area contributed by atoms with Crippen LogP contribution in [-0.2, 0) is 11.2 Å². The van der Waals surface area contributed by atoms with Crippen LogP contribution in [0.1, 0.15) is 18.4 Å². The zero-order valence-electron chi connectivity index (χ0n) is 17.2. The number of fused-ring (bicyclic) bond motifs is 1. The molecular formula is C22H22F2N2O4S. The van der Waals surface area contributed by atoms with Gasteiger partial charge in [-0.25, -0.2) is 8.78 Å². The molecule has 1 fully saturated rings. The fraction of sp³-hybridized carbons (Fsp3) is 0.364. The van der Waals surface area contributed by atoms with Crippen molar-refractivity contribution in [3.63, 3.8) is 0 Å². The molecule has 164 valence electrons.